The van der Waals surface area contributed by atoms with Crippen molar-refractivity contribution in [3.63, 3.8) is 0 Å². The van der Waals surface area contributed by atoms with Crippen LogP contribution in [0.25, 0.3) is 0 Å². The van der Waals surface area contributed by atoms with E-state index in [9.17, 15) is 4.79 Å². The summed E-state index contributed by atoms with van der Waals surface area (Å²) in [4.78, 5) is 12.2. The monoisotopic (exact) mass is 354 g/mol. The van der Waals surface area contributed by atoms with Crippen molar-refractivity contribution in [3.8, 4) is 0 Å². The Morgan fingerprint density at radius 3 is 2.38 bits per heavy atom. The van der Waals surface area contributed by atoms with E-state index in [4.69, 9.17) is 10.5 Å². The molecule has 0 saturated heterocycles. The summed E-state index contributed by atoms with van der Waals surface area (Å²) < 4.78 is 5.21. The van der Waals surface area contributed by atoms with Crippen LogP contribution in [0, 0.1) is 0 Å². The molecule has 0 radical (unpaired) electrons. The molecule has 1 fully saturated rings. The molecule has 0 heterocycles. The molecule has 1 amide bonds. The maximum Gasteiger partial charge on any atom is 0.222 e. The number of benzene rings is 1. The number of nitrogens with one attached hydrogen (secondary N) is 1. The van der Waals surface area contributed by atoms with Crippen LogP contribution in [0.5, 0.6) is 0 Å². The van der Waals surface area contributed by atoms with Crippen molar-refractivity contribution >= 4 is 18.3 Å². The molecule has 0 aliphatic heterocycles. The van der Waals surface area contributed by atoms with E-state index in [1.54, 1.807) is 7.11 Å². The first-order valence-electron chi connectivity index (χ1n) is 8.75. The second kappa shape index (κ2) is 10.7. The van der Waals surface area contributed by atoms with Crippen molar-refractivity contribution < 1.29 is 9.53 Å². The first-order chi connectivity index (χ1) is 11.2. The summed E-state index contributed by atoms with van der Waals surface area (Å²) in [5, 5.41) is 3.14. The predicted molar refractivity (Wildman–Crippen MR) is 101 cm³/mol. The summed E-state index contributed by atoms with van der Waals surface area (Å²) in [6.07, 6.45) is 7.46. The van der Waals surface area contributed by atoms with E-state index in [-0.39, 0.29) is 29.8 Å². The highest BCUT2D eigenvalue weighted by Crippen LogP contribution is 2.37. The van der Waals surface area contributed by atoms with Crippen LogP contribution in [0.4, 0.5) is 0 Å². The van der Waals surface area contributed by atoms with Crippen LogP contribution in [0.15, 0.2) is 30.3 Å². The first kappa shape index (κ1) is 20.9. The Kier molecular flexibility index (Phi) is 9.34. The minimum Gasteiger partial charge on any atom is -0.380 e. The van der Waals surface area contributed by atoms with E-state index in [2.05, 4.69) is 35.6 Å². The molecule has 3 N–H and O–H groups in total. The van der Waals surface area contributed by atoms with Gasteiger partial charge in [0, 0.05) is 25.6 Å². The predicted octanol–water partition coefficient (Wildman–Crippen LogP) is 3.18. The number of halogens is 1. The molecule has 4 nitrogen and oxygen atoms in total. The molecule has 24 heavy (non-hydrogen) atoms. The van der Waals surface area contributed by atoms with E-state index < -0.39 is 0 Å². The molecule has 1 aromatic carbocycles. The average Bonchev–Trinajstić information content (AvgIpc) is 2.85. The number of hydrogen-bond donors (Lipinski definition) is 2. The van der Waals surface area contributed by atoms with Gasteiger partial charge in [0.15, 0.2) is 0 Å². The van der Waals surface area contributed by atoms with Gasteiger partial charge in [-0.1, -0.05) is 56.0 Å². The third-order valence-corrected chi connectivity index (χ3v) is 5.08. The largest absolute Gasteiger partial charge is 0.380 e. The Bertz CT molecular complexity index is 470. The second-order valence-electron chi connectivity index (χ2n) is 6.63. The minimum atomic E-state index is -0.197. The van der Waals surface area contributed by atoms with Gasteiger partial charge in [0.25, 0.3) is 0 Å². The van der Waals surface area contributed by atoms with E-state index in [1.165, 1.54) is 31.2 Å². The standard InChI is InChI=1S/C19H30N2O2.ClH/c1-23-17(14-20)13-18(22)21-15-19(11-7-2-3-8-12-19)16-9-5-4-6-10-16;/h4-6,9-10,17H,2-3,7-8,11-15,20H2,1H3,(H,21,22);1H. The number of nitrogens with two attached hydrogens (primary N) is 1. The van der Waals surface area contributed by atoms with Gasteiger partial charge in [-0.2, -0.15) is 0 Å². The zero-order valence-corrected chi connectivity index (χ0v) is 15.4. The fraction of sp³-hybridized carbons (Fsp3) is 0.632. The molecule has 136 valence electrons. The molecule has 1 aliphatic carbocycles. The quantitative estimate of drug-likeness (QED) is 0.739. The molecule has 0 spiro atoms. The Morgan fingerprint density at radius 1 is 1.21 bits per heavy atom. The van der Waals surface area contributed by atoms with E-state index in [1.807, 2.05) is 0 Å². The lowest BCUT2D eigenvalue weighted by atomic mass is 9.74. The van der Waals surface area contributed by atoms with Crippen LogP contribution in [0.1, 0.15) is 50.5 Å². The van der Waals surface area contributed by atoms with Gasteiger partial charge >= 0.3 is 0 Å². The number of rotatable bonds is 7. The molecule has 5 heteroatoms. The Labute approximate surface area is 151 Å². The zero-order chi connectivity index (χ0) is 16.5. The third-order valence-electron chi connectivity index (χ3n) is 5.08. The Balaban J connectivity index is 0.00000288. The van der Waals surface area contributed by atoms with Crippen molar-refractivity contribution in [1.29, 1.82) is 0 Å². The second-order valence-corrected chi connectivity index (χ2v) is 6.63. The maximum atomic E-state index is 12.2. The highest BCUT2D eigenvalue weighted by molar-refractivity contribution is 5.85. The van der Waals surface area contributed by atoms with Gasteiger partial charge in [-0.05, 0) is 18.4 Å². The van der Waals surface area contributed by atoms with Crippen molar-refractivity contribution in [2.24, 2.45) is 5.73 Å². The highest BCUT2D eigenvalue weighted by Gasteiger charge is 2.33. The lowest BCUT2D eigenvalue weighted by Gasteiger charge is -2.34. The number of amides is 1. The molecule has 1 unspecified atom stereocenters. The van der Waals surface area contributed by atoms with Crippen LogP contribution in [0.2, 0.25) is 0 Å². The number of carbonyl (C=O) groups is 1. The van der Waals surface area contributed by atoms with Gasteiger partial charge in [0.05, 0.1) is 12.5 Å². The van der Waals surface area contributed by atoms with Gasteiger partial charge in [-0.3, -0.25) is 4.79 Å². The fourth-order valence-electron chi connectivity index (χ4n) is 3.57. The van der Waals surface area contributed by atoms with Crippen LogP contribution >= 0.6 is 12.4 Å². The summed E-state index contributed by atoms with van der Waals surface area (Å²) in [5.74, 6) is 0.0295. The number of carbonyl (C=O) groups excluding carboxylic acids is 1. The lowest BCUT2D eigenvalue weighted by molar-refractivity contribution is -0.123. The van der Waals surface area contributed by atoms with E-state index >= 15 is 0 Å². The topological polar surface area (TPSA) is 64.3 Å². The molecule has 1 saturated carbocycles. The third kappa shape index (κ3) is 5.76. The van der Waals surface area contributed by atoms with Crippen molar-refractivity contribution in [2.45, 2.75) is 56.5 Å². The SMILES string of the molecule is COC(CN)CC(=O)NCC1(c2ccccc2)CCCCCC1.Cl. The number of hydrogen-bond acceptors (Lipinski definition) is 3. The summed E-state index contributed by atoms with van der Waals surface area (Å²) in [6, 6.07) is 10.7. The maximum absolute atomic E-state index is 12.2. The summed E-state index contributed by atoms with van der Waals surface area (Å²) in [7, 11) is 1.60. The summed E-state index contributed by atoms with van der Waals surface area (Å²) in [6.45, 7) is 1.07. The van der Waals surface area contributed by atoms with Gasteiger partial charge in [0.2, 0.25) is 5.91 Å². The lowest BCUT2D eigenvalue weighted by Crippen LogP contribution is -2.42. The van der Waals surface area contributed by atoms with Crippen LogP contribution in [0.3, 0.4) is 0 Å². The van der Waals surface area contributed by atoms with Crippen LogP contribution in [-0.4, -0.2) is 32.2 Å². The van der Waals surface area contributed by atoms with Crippen molar-refractivity contribution in [1.82, 2.24) is 5.32 Å². The number of ether oxygens (including phenoxy) is 1. The van der Waals surface area contributed by atoms with Crippen LogP contribution < -0.4 is 11.1 Å². The van der Waals surface area contributed by atoms with Crippen molar-refractivity contribution in [3.05, 3.63) is 35.9 Å². The minimum absolute atomic E-state index is 0. The average molecular weight is 355 g/mol. The Morgan fingerprint density at radius 2 is 1.83 bits per heavy atom. The molecule has 0 bridgehead atoms. The fourth-order valence-corrected chi connectivity index (χ4v) is 3.57. The van der Waals surface area contributed by atoms with E-state index in [0.717, 1.165) is 12.8 Å². The first-order valence-corrected chi connectivity index (χ1v) is 8.75. The zero-order valence-electron chi connectivity index (χ0n) is 14.6. The van der Waals surface area contributed by atoms with Gasteiger partial charge in [0.1, 0.15) is 0 Å². The van der Waals surface area contributed by atoms with Gasteiger partial charge < -0.3 is 15.8 Å². The van der Waals surface area contributed by atoms with Crippen LogP contribution in [-0.2, 0) is 14.9 Å². The molecule has 1 aliphatic rings. The van der Waals surface area contributed by atoms with Gasteiger partial charge in [-0.25, -0.2) is 0 Å². The molecule has 2 rings (SSSR count). The summed E-state index contributed by atoms with van der Waals surface area (Å²) >= 11 is 0. The molecule has 1 aromatic rings. The van der Waals surface area contributed by atoms with Gasteiger partial charge in [-0.15, -0.1) is 12.4 Å². The molecule has 0 aromatic heterocycles. The molecular weight excluding hydrogens is 324 g/mol. The normalized spacial score (nSPS) is 18.1. The molecule has 1 atom stereocenters. The molecular formula is C19H31ClN2O2. The van der Waals surface area contributed by atoms with E-state index in [0.29, 0.717) is 19.5 Å². The Hall–Kier alpha value is -1.10. The smallest absolute Gasteiger partial charge is 0.222 e. The highest BCUT2D eigenvalue weighted by atomic mass is 35.5. The number of methoxy groups -OCH3 is 1. The summed E-state index contributed by atoms with van der Waals surface area (Å²) in [5.41, 5.74) is 7.02. The van der Waals surface area contributed by atoms with Crippen molar-refractivity contribution in [2.75, 3.05) is 20.2 Å².